The SMILES string of the molecule is COc1cccc(CC(C)NC(=O)c2cc(C)oc2C)c1. The Kier molecular flexibility index (Phi) is 4.68. The minimum atomic E-state index is -0.0975. The number of hydrogen-bond donors (Lipinski definition) is 1. The van der Waals surface area contributed by atoms with E-state index in [9.17, 15) is 4.79 Å². The molecule has 2 rings (SSSR count). The van der Waals surface area contributed by atoms with Gasteiger partial charge in [0, 0.05) is 6.04 Å². The van der Waals surface area contributed by atoms with Crippen molar-refractivity contribution in [3.8, 4) is 5.75 Å². The molecule has 0 fully saturated rings. The Morgan fingerprint density at radius 3 is 2.71 bits per heavy atom. The monoisotopic (exact) mass is 287 g/mol. The number of carbonyl (C=O) groups excluding carboxylic acids is 1. The molecule has 0 saturated heterocycles. The Morgan fingerprint density at radius 2 is 2.10 bits per heavy atom. The van der Waals surface area contributed by atoms with Crippen molar-refractivity contribution in [2.75, 3.05) is 7.11 Å². The Labute approximate surface area is 125 Å². The maximum Gasteiger partial charge on any atom is 0.255 e. The van der Waals surface area contributed by atoms with Gasteiger partial charge in [-0.1, -0.05) is 12.1 Å². The number of carbonyl (C=O) groups is 1. The number of methoxy groups -OCH3 is 1. The molecule has 1 amide bonds. The molecule has 0 bridgehead atoms. The number of furan rings is 1. The predicted molar refractivity (Wildman–Crippen MR) is 81.8 cm³/mol. The fourth-order valence-electron chi connectivity index (χ4n) is 2.36. The van der Waals surface area contributed by atoms with Crippen LogP contribution in [0.2, 0.25) is 0 Å². The van der Waals surface area contributed by atoms with Crippen molar-refractivity contribution in [1.29, 1.82) is 0 Å². The topological polar surface area (TPSA) is 51.5 Å². The zero-order valence-electron chi connectivity index (χ0n) is 12.9. The van der Waals surface area contributed by atoms with Gasteiger partial charge in [-0.25, -0.2) is 0 Å². The van der Waals surface area contributed by atoms with Crippen LogP contribution in [0.5, 0.6) is 5.75 Å². The summed E-state index contributed by atoms with van der Waals surface area (Å²) in [5, 5.41) is 3.00. The minimum absolute atomic E-state index is 0.0270. The molecule has 0 aliphatic heterocycles. The third-order valence-electron chi connectivity index (χ3n) is 3.34. The number of nitrogens with one attached hydrogen (secondary N) is 1. The van der Waals surface area contributed by atoms with E-state index < -0.39 is 0 Å². The first-order chi connectivity index (χ1) is 9.99. The zero-order chi connectivity index (χ0) is 15.4. The van der Waals surface area contributed by atoms with Crippen LogP contribution >= 0.6 is 0 Å². The molecule has 0 radical (unpaired) electrons. The van der Waals surface area contributed by atoms with E-state index in [1.165, 1.54) is 0 Å². The second-order valence-electron chi connectivity index (χ2n) is 5.26. The van der Waals surface area contributed by atoms with Gasteiger partial charge in [0.2, 0.25) is 0 Å². The molecular formula is C17H21NO3. The lowest BCUT2D eigenvalue weighted by molar-refractivity contribution is 0.0938. The molecule has 112 valence electrons. The summed E-state index contributed by atoms with van der Waals surface area (Å²) in [6, 6.07) is 9.66. The van der Waals surface area contributed by atoms with Crippen LogP contribution in [0.25, 0.3) is 0 Å². The highest BCUT2D eigenvalue weighted by molar-refractivity contribution is 5.95. The molecule has 1 aromatic carbocycles. The quantitative estimate of drug-likeness (QED) is 0.918. The van der Waals surface area contributed by atoms with Crippen molar-refractivity contribution < 1.29 is 13.9 Å². The fraction of sp³-hybridized carbons (Fsp3) is 0.353. The second kappa shape index (κ2) is 6.48. The van der Waals surface area contributed by atoms with E-state index in [1.807, 2.05) is 38.1 Å². The normalized spacial score (nSPS) is 12.0. The van der Waals surface area contributed by atoms with Gasteiger partial charge in [0.25, 0.3) is 5.91 Å². The molecule has 21 heavy (non-hydrogen) atoms. The molecule has 1 atom stereocenters. The minimum Gasteiger partial charge on any atom is -0.497 e. The summed E-state index contributed by atoms with van der Waals surface area (Å²) < 4.78 is 10.6. The van der Waals surface area contributed by atoms with Crippen LogP contribution in [-0.2, 0) is 6.42 Å². The fourth-order valence-corrected chi connectivity index (χ4v) is 2.36. The van der Waals surface area contributed by atoms with Crippen LogP contribution in [0.1, 0.15) is 34.4 Å². The number of rotatable bonds is 5. The van der Waals surface area contributed by atoms with Gasteiger partial charge in [0.1, 0.15) is 17.3 Å². The van der Waals surface area contributed by atoms with E-state index in [2.05, 4.69) is 5.32 Å². The summed E-state index contributed by atoms with van der Waals surface area (Å²) in [6.45, 7) is 5.62. The molecule has 0 aliphatic rings. The van der Waals surface area contributed by atoms with Gasteiger partial charge < -0.3 is 14.5 Å². The van der Waals surface area contributed by atoms with Crippen molar-refractivity contribution in [3.63, 3.8) is 0 Å². The van der Waals surface area contributed by atoms with E-state index >= 15 is 0 Å². The van der Waals surface area contributed by atoms with Crippen molar-refractivity contribution in [1.82, 2.24) is 5.32 Å². The molecule has 1 unspecified atom stereocenters. The number of ether oxygens (including phenoxy) is 1. The van der Waals surface area contributed by atoms with Crippen LogP contribution in [0.3, 0.4) is 0 Å². The van der Waals surface area contributed by atoms with Crippen molar-refractivity contribution >= 4 is 5.91 Å². The van der Waals surface area contributed by atoms with E-state index in [-0.39, 0.29) is 11.9 Å². The number of benzene rings is 1. The molecular weight excluding hydrogens is 266 g/mol. The van der Waals surface area contributed by atoms with Gasteiger partial charge in [0.15, 0.2) is 0 Å². The maximum atomic E-state index is 12.2. The van der Waals surface area contributed by atoms with E-state index in [4.69, 9.17) is 9.15 Å². The summed E-state index contributed by atoms with van der Waals surface area (Å²) in [5.41, 5.74) is 1.73. The summed E-state index contributed by atoms with van der Waals surface area (Å²) >= 11 is 0. The average molecular weight is 287 g/mol. The molecule has 4 nitrogen and oxygen atoms in total. The third-order valence-corrected chi connectivity index (χ3v) is 3.34. The molecule has 0 spiro atoms. The first-order valence-corrected chi connectivity index (χ1v) is 7.00. The van der Waals surface area contributed by atoms with E-state index in [0.29, 0.717) is 11.3 Å². The lowest BCUT2D eigenvalue weighted by Crippen LogP contribution is -2.34. The largest absolute Gasteiger partial charge is 0.497 e. The number of amides is 1. The number of aryl methyl sites for hydroxylation is 2. The van der Waals surface area contributed by atoms with Gasteiger partial charge >= 0.3 is 0 Å². The van der Waals surface area contributed by atoms with Gasteiger partial charge in [0.05, 0.1) is 12.7 Å². The van der Waals surface area contributed by atoms with Crippen LogP contribution in [-0.4, -0.2) is 19.1 Å². The van der Waals surface area contributed by atoms with E-state index in [1.54, 1.807) is 20.1 Å². The van der Waals surface area contributed by atoms with Gasteiger partial charge in [-0.05, 0) is 51.0 Å². The maximum absolute atomic E-state index is 12.2. The van der Waals surface area contributed by atoms with Crippen LogP contribution in [0.15, 0.2) is 34.7 Å². The molecule has 4 heteroatoms. The Hall–Kier alpha value is -2.23. The number of hydrogen-bond acceptors (Lipinski definition) is 3. The zero-order valence-corrected chi connectivity index (χ0v) is 12.9. The summed E-state index contributed by atoms with van der Waals surface area (Å²) in [4.78, 5) is 12.2. The van der Waals surface area contributed by atoms with Gasteiger partial charge in [-0.3, -0.25) is 4.79 Å². The first kappa shape index (κ1) is 15.2. The molecule has 2 aromatic rings. The summed E-state index contributed by atoms with van der Waals surface area (Å²) in [5.74, 6) is 2.13. The predicted octanol–water partition coefficient (Wildman–Crippen LogP) is 3.27. The van der Waals surface area contributed by atoms with Gasteiger partial charge in [-0.2, -0.15) is 0 Å². The summed E-state index contributed by atoms with van der Waals surface area (Å²) in [6.07, 6.45) is 0.749. The van der Waals surface area contributed by atoms with Crippen molar-refractivity contribution in [3.05, 3.63) is 53.0 Å². The van der Waals surface area contributed by atoms with Crippen molar-refractivity contribution in [2.24, 2.45) is 0 Å². The van der Waals surface area contributed by atoms with Gasteiger partial charge in [-0.15, -0.1) is 0 Å². The molecule has 1 heterocycles. The highest BCUT2D eigenvalue weighted by Gasteiger charge is 2.15. The molecule has 0 aliphatic carbocycles. The standard InChI is InChI=1S/C17H21NO3/c1-11(8-14-6-5-7-15(10-14)20-4)18-17(19)16-9-12(2)21-13(16)3/h5-7,9-11H,8H2,1-4H3,(H,18,19). The third kappa shape index (κ3) is 3.88. The van der Waals surface area contributed by atoms with Crippen LogP contribution in [0, 0.1) is 13.8 Å². The van der Waals surface area contributed by atoms with Crippen molar-refractivity contribution in [2.45, 2.75) is 33.2 Å². The second-order valence-corrected chi connectivity index (χ2v) is 5.26. The highest BCUT2D eigenvalue weighted by atomic mass is 16.5. The Morgan fingerprint density at radius 1 is 1.33 bits per heavy atom. The average Bonchev–Trinajstić information content (AvgIpc) is 2.77. The lowest BCUT2D eigenvalue weighted by atomic mass is 10.1. The highest BCUT2D eigenvalue weighted by Crippen LogP contribution is 2.16. The Balaban J connectivity index is 1.99. The molecule has 1 N–H and O–H groups in total. The first-order valence-electron chi connectivity index (χ1n) is 7.00. The molecule has 1 aromatic heterocycles. The lowest BCUT2D eigenvalue weighted by Gasteiger charge is -2.14. The smallest absolute Gasteiger partial charge is 0.255 e. The Bertz CT molecular complexity index is 631. The van der Waals surface area contributed by atoms with E-state index in [0.717, 1.165) is 23.5 Å². The van der Waals surface area contributed by atoms with Crippen LogP contribution in [0.4, 0.5) is 0 Å². The van der Waals surface area contributed by atoms with Crippen LogP contribution < -0.4 is 10.1 Å². The molecule has 0 saturated carbocycles. The summed E-state index contributed by atoms with van der Waals surface area (Å²) in [7, 11) is 1.65.